The Hall–Kier alpha value is -3.70. The van der Waals surface area contributed by atoms with E-state index in [2.05, 4.69) is 0 Å². The van der Waals surface area contributed by atoms with Gasteiger partial charge in [0.25, 0.3) is 5.91 Å². The molecule has 11 nitrogen and oxygen atoms in total. The number of phenols is 1. The van der Waals surface area contributed by atoms with E-state index in [9.17, 15) is 39.6 Å². The van der Waals surface area contributed by atoms with Crippen LogP contribution in [0.15, 0.2) is 29.0 Å². The van der Waals surface area contributed by atoms with Crippen molar-refractivity contribution in [2.75, 3.05) is 14.1 Å². The summed E-state index contributed by atoms with van der Waals surface area (Å²) in [7, 11) is 2.94. The van der Waals surface area contributed by atoms with Gasteiger partial charge in [-0.3, -0.25) is 24.1 Å². The Labute approximate surface area is 212 Å². The minimum Gasteiger partial charge on any atom is -0.508 e. The SMILES string of the molecule is CCC(=O)OC1C2C(=C(O)c3c(ccc(C)c3O)C2C)C(=O)C2(O)C(O)=C(C(N)=O)C(=O)C(N(C)C)C12. The molecule has 1 saturated carbocycles. The summed E-state index contributed by atoms with van der Waals surface area (Å²) in [5.74, 6) is -9.63. The van der Waals surface area contributed by atoms with E-state index in [0.717, 1.165) is 0 Å². The topological polar surface area (TPSA) is 188 Å². The minimum atomic E-state index is -2.94. The zero-order valence-electron chi connectivity index (χ0n) is 21.1. The molecule has 0 heterocycles. The average molecular weight is 515 g/mol. The lowest BCUT2D eigenvalue weighted by Crippen LogP contribution is -2.71. The molecule has 6 atom stereocenters. The van der Waals surface area contributed by atoms with E-state index in [1.165, 1.54) is 25.9 Å². The Morgan fingerprint density at radius 1 is 1.16 bits per heavy atom. The standard InChI is InChI=1S/C26H30N2O9/c1-6-12(29)37-22-13-10(3)11-8-7-9(2)19(30)14(11)20(31)15(13)23(33)26(36)17(22)18(28(4)5)21(32)16(24(26)34)25(27)35/h7-8,10,13,17-18,22,30-31,34,36H,6H2,1-5H3,(H2,27,35). The number of aliphatic hydroxyl groups excluding tert-OH is 2. The van der Waals surface area contributed by atoms with Crippen LogP contribution in [0.3, 0.4) is 0 Å². The number of Topliss-reactive ketones (excluding diaryl/α,β-unsaturated/α-hetero) is 2. The molecule has 0 aliphatic heterocycles. The monoisotopic (exact) mass is 514 g/mol. The maximum Gasteiger partial charge on any atom is 0.305 e. The molecule has 1 fully saturated rings. The van der Waals surface area contributed by atoms with Gasteiger partial charge in [-0.1, -0.05) is 26.0 Å². The number of aryl methyl sites for hydroxylation is 1. The van der Waals surface area contributed by atoms with Crippen molar-refractivity contribution in [1.82, 2.24) is 4.90 Å². The van der Waals surface area contributed by atoms with Gasteiger partial charge in [0.05, 0.1) is 17.5 Å². The van der Waals surface area contributed by atoms with Crippen molar-refractivity contribution in [2.45, 2.75) is 50.9 Å². The van der Waals surface area contributed by atoms with Crippen LogP contribution in [0.1, 0.15) is 42.9 Å². The number of likely N-dealkylation sites (N-methyl/N-ethyl adjacent to an activating group) is 1. The molecule has 1 aromatic carbocycles. The van der Waals surface area contributed by atoms with Gasteiger partial charge in [-0.15, -0.1) is 0 Å². The highest BCUT2D eigenvalue weighted by atomic mass is 16.5. The maximum absolute atomic E-state index is 14.1. The Bertz CT molecular complexity index is 1310. The number of primary amides is 1. The molecule has 11 heteroatoms. The summed E-state index contributed by atoms with van der Waals surface area (Å²) >= 11 is 0. The van der Waals surface area contributed by atoms with Crippen LogP contribution in [0.4, 0.5) is 0 Å². The van der Waals surface area contributed by atoms with Crippen molar-refractivity contribution >= 4 is 29.2 Å². The van der Waals surface area contributed by atoms with Crippen molar-refractivity contribution in [1.29, 1.82) is 0 Å². The van der Waals surface area contributed by atoms with Gasteiger partial charge >= 0.3 is 5.97 Å². The van der Waals surface area contributed by atoms with Gasteiger partial charge in [0.1, 0.15) is 28.9 Å². The molecule has 6 unspecified atom stereocenters. The largest absolute Gasteiger partial charge is 0.508 e. The third kappa shape index (κ3) is 3.41. The number of aromatic hydroxyl groups is 1. The number of hydrogen-bond acceptors (Lipinski definition) is 10. The number of aliphatic hydroxyl groups is 3. The first-order valence-electron chi connectivity index (χ1n) is 11.9. The number of carbonyl (C=O) groups excluding carboxylic acids is 4. The summed E-state index contributed by atoms with van der Waals surface area (Å²) in [5.41, 5.74) is 1.93. The van der Waals surface area contributed by atoms with E-state index < -0.39 is 81.6 Å². The van der Waals surface area contributed by atoms with Gasteiger partial charge in [-0.25, -0.2) is 0 Å². The van der Waals surface area contributed by atoms with Crippen molar-refractivity contribution in [3.8, 4) is 5.75 Å². The number of carbonyl (C=O) groups is 4. The van der Waals surface area contributed by atoms with E-state index >= 15 is 0 Å². The van der Waals surface area contributed by atoms with Crippen LogP contribution < -0.4 is 5.73 Å². The number of amides is 1. The molecule has 3 aliphatic rings. The second-order valence-corrected chi connectivity index (χ2v) is 10.1. The lowest BCUT2D eigenvalue weighted by molar-refractivity contribution is -0.185. The number of phenolic OH excluding ortho intramolecular Hbond substituents is 1. The zero-order valence-corrected chi connectivity index (χ0v) is 21.1. The van der Waals surface area contributed by atoms with E-state index in [1.54, 1.807) is 26.0 Å². The molecule has 0 aromatic heterocycles. The third-order valence-electron chi connectivity index (χ3n) is 7.86. The number of benzene rings is 1. The predicted octanol–water partition coefficient (Wildman–Crippen LogP) is 0.765. The van der Waals surface area contributed by atoms with Crippen molar-refractivity contribution < 1.29 is 44.3 Å². The number of ether oxygens (including phenoxy) is 1. The normalized spacial score (nSPS) is 31.2. The van der Waals surface area contributed by atoms with Crippen LogP contribution in [0.5, 0.6) is 5.75 Å². The van der Waals surface area contributed by atoms with Crippen molar-refractivity contribution in [3.63, 3.8) is 0 Å². The van der Waals surface area contributed by atoms with Crippen LogP contribution in [-0.4, -0.2) is 80.6 Å². The molecule has 3 aliphatic carbocycles. The van der Waals surface area contributed by atoms with Crippen LogP contribution in [0.2, 0.25) is 0 Å². The lowest BCUT2D eigenvalue weighted by Gasteiger charge is -2.54. The third-order valence-corrected chi connectivity index (χ3v) is 7.86. The fourth-order valence-electron chi connectivity index (χ4n) is 6.07. The van der Waals surface area contributed by atoms with Crippen LogP contribution in [0, 0.1) is 18.8 Å². The first-order chi connectivity index (χ1) is 17.2. The smallest absolute Gasteiger partial charge is 0.305 e. The Morgan fingerprint density at radius 2 is 1.78 bits per heavy atom. The number of fused-ring (bicyclic) bond motifs is 3. The summed E-state index contributed by atoms with van der Waals surface area (Å²) in [4.78, 5) is 53.6. The number of rotatable bonds is 4. The molecule has 0 spiro atoms. The molecule has 4 rings (SSSR count). The number of nitrogens with zero attached hydrogens (tertiary/aromatic N) is 1. The van der Waals surface area contributed by atoms with Gasteiger partial charge in [0, 0.05) is 17.9 Å². The molecule has 0 radical (unpaired) electrons. The van der Waals surface area contributed by atoms with Gasteiger partial charge in [0.15, 0.2) is 11.4 Å². The van der Waals surface area contributed by atoms with Crippen molar-refractivity contribution in [2.24, 2.45) is 17.6 Å². The molecule has 1 aromatic rings. The van der Waals surface area contributed by atoms with E-state index in [4.69, 9.17) is 10.5 Å². The summed E-state index contributed by atoms with van der Waals surface area (Å²) in [6, 6.07) is 1.91. The molecule has 0 bridgehead atoms. The highest BCUT2D eigenvalue weighted by Gasteiger charge is 2.69. The van der Waals surface area contributed by atoms with Gasteiger partial charge < -0.3 is 30.9 Å². The number of nitrogens with two attached hydrogens (primary N) is 1. The Kier molecular flexibility index (Phi) is 6.20. The van der Waals surface area contributed by atoms with Gasteiger partial charge in [0.2, 0.25) is 5.78 Å². The van der Waals surface area contributed by atoms with Crippen molar-refractivity contribution in [3.05, 3.63) is 45.7 Å². The van der Waals surface area contributed by atoms with E-state index in [0.29, 0.717) is 11.1 Å². The second kappa shape index (κ2) is 8.70. The number of hydrogen-bond donors (Lipinski definition) is 5. The number of esters is 1. The molecular formula is C26H30N2O9. The molecule has 37 heavy (non-hydrogen) atoms. The lowest BCUT2D eigenvalue weighted by atomic mass is 9.54. The maximum atomic E-state index is 14.1. The highest BCUT2D eigenvalue weighted by molar-refractivity contribution is 6.24. The minimum absolute atomic E-state index is 0.0237. The summed E-state index contributed by atoms with van der Waals surface area (Å²) in [6.45, 7) is 4.84. The first kappa shape index (κ1) is 26.4. The highest BCUT2D eigenvalue weighted by Crippen LogP contribution is 2.57. The number of ketones is 2. The van der Waals surface area contributed by atoms with Gasteiger partial charge in [-0.05, 0) is 38.1 Å². The van der Waals surface area contributed by atoms with Crippen LogP contribution in [-0.2, 0) is 23.9 Å². The molecular weight excluding hydrogens is 484 g/mol. The average Bonchev–Trinajstić information content (AvgIpc) is 2.82. The summed E-state index contributed by atoms with van der Waals surface area (Å²) < 4.78 is 5.77. The summed E-state index contributed by atoms with van der Waals surface area (Å²) in [6.07, 6.45) is -1.47. The zero-order chi connectivity index (χ0) is 27.7. The second-order valence-electron chi connectivity index (χ2n) is 10.1. The fourth-order valence-corrected chi connectivity index (χ4v) is 6.07. The molecule has 1 amide bonds. The van der Waals surface area contributed by atoms with E-state index in [-0.39, 0.29) is 17.7 Å². The predicted molar refractivity (Wildman–Crippen MR) is 129 cm³/mol. The summed E-state index contributed by atoms with van der Waals surface area (Å²) in [5, 5.41) is 45.0. The van der Waals surface area contributed by atoms with Crippen LogP contribution >= 0.6 is 0 Å². The Morgan fingerprint density at radius 3 is 2.32 bits per heavy atom. The quantitative estimate of drug-likeness (QED) is 0.283. The molecule has 198 valence electrons. The Balaban J connectivity index is 2.12. The van der Waals surface area contributed by atoms with Gasteiger partial charge in [-0.2, -0.15) is 0 Å². The molecule has 6 N–H and O–H groups in total. The first-order valence-corrected chi connectivity index (χ1v) is 11.9. The van der Waals surface area contributed by atoms with Crippen LogP contribution in [0.25, 0.3) is 5.76 Å². The fraction of sp³-hybridized carbons (Fsp3) is 0.462. The molecule has 0 saturated heterocycles. The van der Waals surface area contributed by atoms with E-state index in [1.807, 2.05) is 0 Å².